The van der Waals surface area contributed by atoms with Gasteiger partial charge in [0.25, 0.3) is 0 Å². The molecule has 0 saturated carbocycles. The zero-order valence-electron chi connectivity index (χ0n) is 9.06. The minimum atomic E-state index is 0. The van der Waals surface area contributed by atoms with Crippen molar-refractivity contribution in [3.05, 3.63) is 35.4 Å². The predicted molar refractivity (Wildman–Crippen MR) is 57.3 cm³/mol. The van der Waals surface area contributed by atoms with E-state index < -0.39 is 0 Å². The molecule has 0 aliphatic heterocycles. The fourth-order valence-electron chi connectivity index (χ4n) is 0.663. The summed E-state index contributed by atoms with van der Waals surface area (Å²) in [5.74, 6) is 0. The van der Waals surface area contributed by atoms with Crippen molar-refractivity contribution in [2.45, 2.75) is 13.8 Å². The van der Waals surface area contributed by atoms with Crippen molar-refractivity contribution in [2.75, 3.05) is 0 Å². The fourth-order valence-corrected chi connectivity index (χ4v) is 0.663. The van der Waals surface area contributed by atoms with Crippen molar-refractivity contribution in [3.63, 3.8) is 0 Å². The first-order valence-corrected chi connectivity index (χ1v) is 3.69. The van der Waals surface area contributed by atoms with E-state index in [0.29, 0.717) is 0 Å². The van der Waals surface area contributed by atoms with Crippen LogP contribution < -0.4 is 0 Å². The van der Waals surface area contributed by atoms with Crippen molar-refractivity contribution in [1.29, 1.82) is 0 Å². The Bertz CT molecular complexity index is 203. The molecular formula is C11H16MoO3. The first-order chi connectivity index (χ1) is 6.80. The standard InChI is InChI=1S/C8H10.3CH2O.Mo/c1-7-5-3-4-6-8(7)2;3*1-2;/h3-6H,1-2H3;3*1H2;. The molecule has 1 aromatic carbocycles. The van der Waals surface area contributed by atoms with Gasteiger partial charge in [0.1, 0.15) is 20.4 Å². The average molecular weight is 292 g/mol. The summed E-state index contributed by atoms with van der Waals surface area (Å²) in [6.07, 6.45) is 0. The molecule has 3 nitrogen and oxygen atoms in total. The van der Waals surface area contributed by atoms with E-state index in [2.05, 4.69) is 38.1 Å². The Balaban J connectivity index is -0.0000000755. The first-order valence-electron chi connectivity index (χ1n) is 3.69. The van der Waals surface area contributed by atoms with E-state index in [4.69, 9.17) is 14.4 Å². The van der Waals surface area contributed by atoms with E-state index in [9.17, 15) is 0 Å². The Labute approximate surface area is 105 Å². The van der Waals surface area contributed by atoms with Gasteiger partial charge in [-0.1, -0.05) is 24.3 Å². The maximum absolute atomic E-state index is 8.00. The van der Waals surface area contributed by atoms with Crippen molar-refractivity contribution >= 4 is 20.4 Å². The topological polar surface area (TPSA) is 51.2 Å². The summed E-state index contributed by atoms with van der Waals surface area (Å²) in [5, 5.41) is 0. The second-order valence-corrected chi connectivity index (χ2v) is 2.08. The van der Waals surface area contributed by atoms with E-state index in [0.717, 1.165) is 0 Å². The number of rotatable bonds is 0. The van der Waals surface area contributed by atoms with Crippen LogP contribution in [0.4, 0.5) is 0 Å². The molecule has 0 N–H and O–H groups in total. The molecule has 0 atom stereocenters. The van der Waals surface area contributed by atoms with Gasteiger partial charge in [-0.3, -0.25) is 0 Å². The van der Waals surface area contributed by atoms with Gasteiger partial charge in [-0.2, -0.15) is 0 Å². The van der Waals surface area contributed by atoms with Crippen molar-refractivity contribution < 1.29 is 35.4 Å². The third kappa shape index (κ3) is 15.7. The zero-order valence-corrected chi connectivity index (χ0v) is 11.1. The van der Waals surface area contributed by atoms with Crippen LogP contribution in [-0.2, 0) is 35.4 Å². The van der Waals surface area contributed by atoms with E-state index in [1.54, 1.807) is 0 Å². The molecule has 0 aromatic heterocycles. The molecule has 0 heterocycles. The van der Waals surface area contributed by atoms with Crippen LogP contribution in [0.3, 0.4) is 0 Å². The number of carbonyl (C=O) groups excluding carboxylic acids is 3. The van der Waals surface area contributed by atoms with Gasteiger partial charge in [0, 0.05) is 21.1 Å². The van der Waals surface area contributed by atoms with Gasteiger partial charge < -0.3 is 14.4 Å². The number of carbonyl (C=O) groups is 3. The van der Waals surface area contributed by atoms with Gasteiger partial charge in [0.2, 0.25) is 0 Å². The molecule has 0 unspecified atom stereocenters. The summed E-state index contributed by atoms with van der Waals surface area (Å²) in [5.41, 5.74) is 2.74. The van der Waals surface area contributed by atoms with E-state index >= 15 is 0 Å². The van der Waals surface area contributed by atoms with E-state index in [1.165, 1.54) is 11.1 Å². The molecule has 1 rings (SSSR count). The number of benzene rings is 1. The second-order valence-electron chi connectivity index (χ2n) is 2.08. The summed E-state index contributed by atoms with van der Waals surface area (Å²) in [4.78, 5) is 24.0. The second kappa shape index (κ2) is 23.1. The quantitative estimate of drug-likeness (QED) is 0.684. The summed E-state index contributed by atoms with van der Waals surface area (Å²) in [6, 6.07) is 8.36. The fraction of sp³-hybridized carbons (Fsp3) is 0.182. The van der Waals surface area contributed by atoms with Crippen molar-refractivity contribution in [3.8, 4) is 0 Å². The molecule has 0 bridgehead atoms. The number of hydrogen-bond donors (Lipinski definition) is 0. The van der Waals surface area contributed by atoms with E-state index in [-0.39, 0.29) is 21.1 Å². The van der Waals surface area contributed by atoms with Crippen LogP contribution in [0.2, 0.25) is 0 Å². The molecule has 0 aliphatic rings. The molecule has 0 radical (unpaired) electrons. The van der Waals surface area contributed by atoms with Crippen LogP contribution in [0, 0.1) is 13.8 Å². The molecule has 1 aromatic rings. The molecule has 0 saturated heterocycles. The third-order valence-corrected chi connectivity index (χ3v) is 1.43. The van der Waals surface area contributed by atoms with Gasteiger partial charge in [-0.05, 0) is 25.0 Å². The Hall–Kier alpha value is -1.08. The average Bonchev–Trinajstić information content (AvgIpc) is 2.31. The van der Waals surface area contributed by atoms with Crippen LogP contribution in [0.5, 0.6) is 0 Å². The molecule has 4 heteroatoms. The maximum atomic E-state index is 8.00. The van der Waals surface area contributed by atoms with Gasteiger partial charge in [-0.25, -0.2) is 0 Å². The Morgan fingerprint density at radius 1 is 0.733 bits per heavy atom. The number of aryl methyl sites for hydroxylation is 2. The van der Waals surface area contributed by atoms with Gasteiger partial charge in [-0.15, -0.1) is 0 Å². The van der Waals surface area contributed by atoms with Gasteiger partial charge >= 0.3 is 0 Å². The molecule has 0 aliphatic carbocycles. The van der Waals surface area contributed by atoms with Crippen LogP contribution in [0.1, 0.15) is 11.1 Å². The number of hydrogen-bond acceptors (Lipinski definition) is 3. The molecular weight excluding hydrogens is 276 g/mol. The van der Waals surface area contributed by atoms with Crippen LogP contribution in [0.25, 0.3) is 0 Å². The molecule has 0 amide bonds. The van der Waals surface area contributed by atoms with Crippen LogP contribution in [0.15, 0.2) is 24.3 Å². The molecule has 0 spiro atoms. The van der Waals surface area contributed by atoms with E-state index in [1.807, 2.05) is 20.4 Å². The maximum Gasteiger partial charge on any atom is 0.106 e. The van der Waals surface area contributed by atoms with Crippen LogP contribution in [-0.4, -0.2) is 20.4 Å². The zero-order chi connectivity index (χ0) is 12.0. The molecule has 0 fully saturated rings. The van der Waals surface area contributed by atoms with Gasteiger partial charge in [0.05, 0.1) is 0 Å². The Kier molecular flexibility index (Phi) is 36.3. The summed E-state index contributed by atoms with van der Waals surface area (Å²) in [6.45, 7) is 10.2. The normalized spacial score (nSPS) is 5.73. The first kappa shape index (κ1) is 23.6. The van der Waals surface area contributed by atoms with Gasteiger partial charge in [0.15, 0.2) is 0 Å². The third-order valence-electron chi connectivity index (χ3n) is 1.43. The van der Waals surface area contributed by atoms with Crippen LogP contribution >= 0.6 is 0 Å². The minimum Gasteiger partial charge on any atom is -0.307 e. The van der Waals surface area contributed by atoms with Crippen molar-refractivity contribution in [1.82, 2.24) is 0 Å². The molecule has 84 valence electrons. The Morgan fingerprint density at radius 3 is 1.07 bits per heavy atom. The largest absolute Gasteiger partial charge is 0.307 e. The monoisotopic (exact) mass is 294 g/mol. The minimum absolute atomic E-state index is 0. The summed E-state index contributed by atoms with van der Waals surface area (Å²) in [7, 11) is 0. The summed E-state index contributed by atoms with van der Waals surface area (Å²) >= 11 is 0. The molecule has 15 heavy (non-hydrogen) atoms. The smallest absolute Gasteiger partial charge is 0.106 e. The SMILES string of the molecule is C=O.C=O.C=O.Cc1ccccc1C.[Mo]. The Morgan fingerprint density at radius 2 is 0.933 bits per heavy atom. The van der Waals surface area contributed by atoms with Crippen molar-refractivity contribution in [2.24, 2.45) is 0 Å². The summed E-state index contributed by atoms with van der Waals surface area (Å²) < 4.78 is 0. The predicted octanol–water partition coefficient (Wildman–Crippen LogP) is 1.75.